The number of hydrogen-bond donors (Lipinski definition) is 1. The Kier molecular flexibility index (Phi) is 2.36. The maximum atomic E-state index is 11.9. The fraction of sp³-hybridized carbons (Fsp3) is 0.500. The van der Waals surface area contributed by atoms with E-state index in [9.17, 15) is 18.0 Å². The van der Waals surface area contributed by atoms with E-state index in [1.54, 1.807) is 0 Å². The largest absolute Gasteiger partial charge is 0.392 e. The third kappa shape index (κ3) is 2.17. The van der Waals surface area contributed by atoms with Crippen molar-refractivity contribution < 1.29 is 18.0 Å². The van der Waals surface area contributed by atoms with Gasteiger partial charge < -0.3 is 5.32 Å². The molecular formula is C6H6F3NOS. The predicted molar refractivity (Wildman–Crippen MR) is 39.3 cm³/mol. The van der Waals surface area contributed by atoms with Gasteiger partial charge in [0.05, 0.1) is 6.42 Å². The lowest BCUT2D eigenvalue weighted by molar-refractivity contribution is -0.146. The molecule has 1 aliphatic rings. The molecule has 1 N–H and O–H groups in total. The van der Waals surface area contributed by atoms with Crippen LogP contribution < -0.4 is 5.32 Å². The normalized spacial score (nSPS) is 28.6. The zero-order chi connectivity index (χ0) is 9.24. The van der Waals surface area contributed by atoms with Crippen LogP contribution in [0.5, 0.6) is 0 Å². The lowest BCUT2D eigenvalue weighted by Gasteiger charge is -2.23. The number of aldehydes is 1. The van der Waals surface area contributed by atoms with Crippen LogP contribution in [0.1, 0.15) is 6.42 Å². The molecule has 0 fully saturated rings. The molecule has 2 nitrogen and oxygen atoms in total. The topological polar surface area (TPSA) is 29.1 Å². The first kappa shape index (κ1) is 9.44. The van der Waals surface area contributed by atoms with E-state index in [2.05, 4.69) is 5.32 Å². The molecule has 6 heteroatoms. The molecule has 0 radical (unpaired) electrons. The summed E-state index contributed by atoms with van der Waals surface area (Å²) in [7, 11) is 0. The summed E-state index contributed by atoms with van der Waals surface area (Å²) in [5, 5.41) is 3.80. The van der Waals surface area contributed by atoms with Crippen LogP contribution in [0.4, 0.5) is 13.2 Å². The van der Waals surface area contributed by atoms with Gasteiger partial charge in [0.15, 0.2) is 11.2 Å². The summed E-state index contributed by atoms with van der Waals surface area (Å²) in [6, 6.07) is 0. The first-order valence-corrected chi connectivity index (χ1v) is 3.99. The second-order valence-corrected chi connectivity index (χ2v) is 3.60. The Morgan fingerprint density at radius 3 is 2.58 bits per heavy atom. The van der Waals surface area contributed by atoms with Crippen molar-refractivity contribution in [3.05, 3.63) is 11.6 Å². The van der Waals surface area contributed by atoms with Gasteiger partial charge >= 0.3 is 6.18 Å². The van der Waals surface area contributed by atoms with E-state index < -0.39 is 17.5 Å². The van der Waals surface area contributed by atoms with E-state index in [1.165, 1.54) is 11.6 Å². The van der Waals surface area contributed by atoms with Crippen molar-refractivity contribution in [3.8, 4) is 0 Å². The number of rotatable bonds is 2. The lowest BCUT2D eigenvalue weighted by Crippen LogP contribution is -2.41. The minimum atomic E-state index is -4.33. The number of halogens is 3. The van der Waals surface area contributed by atoms with E-state index in [0.717, 1.165) is 11.8 Å². The third-order valence-electron chi connectivity index (χ3n) is 1.33. The highest BCUT2D eigenvalue weighted by atomic mass is 32.2. The van der Waals surface area contributed by atoms with Crippen molar-refractivity contribution in [2.75, 3.05) is 0 Å². The maximum Gasteiger partial charge on any atom is 0.392 e. The zero-order valence-electron chi connectivity index (χ0n) is 5.89. The van der Waals surface area contributed by atoms with Crippen LogP contribution in [0.3, 0.4) is 0 Å². The molecule has 0 amide bonds. The SMILES string of the molecule is O=CC1(CC(F)(F)F)NC=CS1. The molecule has 0 aromatic heterocycles. The van der Waals surface area contributed by atoms with Gasteiger partial charge in [0.2, 0.25) is 0 Å². The van der Waals surface area contributed by atoms with Gasteiger partial charge in [-0.25, -0.2) is 0 Å². The molecule has 0 saturated heterocycles. The Labute approximate surface area is 71.2 Å². The van der Waals surface area contributed by atoms with Crippen molar-refractivity contribution in [3.63, 3.8) is 0 Å². The van der Waals surface area contributed by atoms with Crippen LogP contribution in [0.15, 0.2) is 11.6 Å². The predicted octanol–water partition coefficient (Wildman–Crippen LogP) is 1.64. The number of nitrogens with one attached hydrogen (secondary N) is 1. The van der Waals surface area contributed by atoms with Crippen molar-refractivity contribution in [2.24, 2.45) is 0 Å². The van der Waals surface area contributed by atoms with E-state index >= 15 is 0 Å². The maximum absolute atomic E-state index is 11.9. The molecule has 0 aromatic rings. The summed E-state index contributed by atoms with van der Waals surface area (Å²) >= 11 is 0.837. The summed E-state index contributed by atoms with van der Waals surface area (Å²) in [4.78, 5) is 8.85. The number of hydrogen-bond acceptors (Lipinski definition) is 3. The van der Waals surface area contributed by atoms with Crippen molar-refractivity contribution in [1.29, 1.82) is 0 Å². The summed E-state index contributed by atoms with van der Waals surface area (Å²) in [5.41, 5.74) is 0. The smallest absolute Gasteiger partial charge is 0.370 e. The van der Waals surface area contributed by atoms with Gasteiger partial charge in [0.1, 0.15) is 0 Å². The monoisotopic (exact) mass is 197 g/mol. The average Bonchev–Trinajstić information content (AvgIpc) is 2.34. The highest BCUT2D eigenvalue weighted by Crippen LogP contribution is 2.36. The van der Waals surface area contributed by atoms with Crippen LogP contribution in [-0.2, 0) is 4.79 Å². The average molecular weight is 197 g/mol. The van der Waals surface area contributed by atoms with Gasteiger partial charge in [-0.2, -0.15) is 13.2 Å². The second-order valence-electron chi connectivity index (χ2n) is 2.36. The van der Waals surface area contributed by atoms with E-state index in [-0.39, 0.29) is 6.29 Å². The molecule has 1 heterocycles. The van der Waals surface area contributed by atoms with Crippen LogP contribution in [0, 0.1) is 0 Å². The standard InChI is InChI=1S/C6H6F3NOS/c7-6(8,9)3-5(4-11)10-1-2-12-5/h1-2,4,10H,3H2. The molecule has 1 unspecified atom stereocenters. The number of alkyl halides is 3. The molecule has 68 valence electrons. The first-order valence-electron chi connectivity index (χ1n) is 3.11. The van der Waals surface area contributed by atoms with Crippen LogP contribution in [-0.4, -0.2) is 17.3 Å². The van der Waals surface area contributed by atoms with Crippen LogP contribution >= 0.6 is 11.8 Å². The molecule has 1 rings (SSSR count). The van der Waals surface area contributed by atoms with Crippen LogP contribution in [0.2, 0.25) is 0 Å². The van der Waals surface area contributed by atoms with Gasteiger partial charge in [-0.1, -0.05) is 11.8 Å². The highest BCUT2D eigenvalue weighted by molar-refractivity contribution is 8.04. The summed E-state index contributed by atoms with van der Waals surface area (Å²) in [6.45, 7) is 0. The fourth-order valence-corrected chi connectivity index (χ4v) is 1.68. The molecular weight excluding hydrogens is 191 g/mol. The second kappa shape index (κ2) is 3.01. The van der Waals surface area contributed by atoms with Gasteiger partial charge in [-0.15, -0.1) is 0 Å². The Bertz CT molecular complexity index is 205. The third-order valence-corrected chi connectivity index (χ3v) is 2.38. The molecule has 1 aliphatic heterocycles. The Balaban J connectivity index is 2.63. The summed E-state index contributed by atoms with van der Waals surface area (Å²) in [5.74, 6) is 0. The molecule has 0 saturated carbocycles. The molecule has 0 bridgehead atoms. The number of carbonyl (C=O) groups excluding carboxylic acids is 1. The zero-order valence-corrected chi connectivity index (χ0v) is 6.71. The van der Waals surface area contributed by atoms with Gasteiger partial charge in [0, 0.05) is 6.20 Å². The van der Waals surface area contributed by atoms with Gasteiger partial charge in [0.25, 0.3) is 0 Å². The van der Waals surface area contributed by atoms with Crippen LogP contribution in [0.25, 0.3) is 0 Å². The lowest BCUT2D eigenvalue weighted by atomic mass is 10.2. The van der Waals surface area contributed by atoms with Crippen molar-refractivity contribution >= 4 is 18.0 Å². The minimum absolute atomic E-state index is 0.283. The highest BCUT2D eigenvalue weighted by Gasteiger charge is 2.43. The summed E-state index contributed by atoms with van der Waals surface area (Å²) in [6.07, 6.45) is -3.86. The quantitative estimate of drug-likeness (QED) is 0.682. The number of carbonyl (C=O) groups is 1. The van der Waals surface area contributed by atoms with E-state index in [0.29, 0.717) is 0 Å². The van der Waals surface area contributed by atoms with Gasteiger partial charge in [-0.3, -0.25) is 4.79 Å². The molecule has 0 spiro atoms. The van der Waals surface area contributed by atoms with E-state index in [1.807, 2.05) is 0 Å². The van der Waals surface area contributed by atoms with Gasteiger partial charge in [-0.05, 0) is 5.41 Å². The van der Waals surface area contributed by atoms with Crippen molar-refractivity contribution in [2.45, 2.75) is 17.5 Å². The molecule has 0 aliphatic carbocycles. The summed E-state index contributed by atoms with van der Waals surface area (Å²) < 4.78 is 35.7. The number of thioether (sulfide) groups is 1. The first-order chi connectivity index (χ1) is 5.47. The molecule has 1 atom stereocenters. The molecule has 0 aromatic carbocycles. The van der Waals surface area contributed by atoms with Crippen molar-refractivity contribution in [1.82, 2.24) is 5.32 Å². The molecule has 12 heavy (non-hydrogen) atoms. The fourth-order valence-electron chi connectivity index (χ4n) is 0.858. The Morgan fingerprint density at radius 1 is 1.58 bits per heavy atom. The Morgan fingerprint density at radius 2 is 2.25 bits per heavy atom. The Hall–Kier alpha value is -0.650. The van der Waals surface area contributed by atoms with E-state index in [4.69, 9.17) is 0 Å². The minimum Gasteiger partial charge on any atom is -0.370 e.